The van der Waals surface area contributed by atoms with Gasteiger partial charge in [-0.2, -0.15) is 4.31 Å². The van der Waals surface area contributed by atoms with Crippen LogP contribution in [0.25, 0.3) is 0 Å². The molecule has 0 radical (unpaired) electrons. The molecule has 134 valence electrons. The zero-order valence-electron chi connectivity index (χ0n) is 14.0. The molecule has 1 aromatic carbocycles. The van der Waals surface area contributed by atoms with E-state index in [1.807, 2.05) is 0 Å². The Bertz CT molecular complexity index is 650. The number of nitrogens with zero attached hydrogens (tertiary/aromatic N) is 2. The summed E-state index contributed by atoms with van der Waals surface area (Å²) >= 11 is 0. The lowest BCUT2D eigenvalue weighted by molar-refractivity contribution is 0.0881. The van der Waals surface area contributed by atoms with E-state index in [0.29, 0.717) is 31.2 Å². The lowest BCUT2D eigenvalue weighted by Crippen LogP contribution is -2.45. The van der Waals surface area contributed by atoms with Gasteiger partial charge in [-0.1, -0.05) is 12.1 Å². The van der Waals surface area contributed by atoms with Crippen LogP contribution < -0.4 is 0 Å². The summed E-state index contributed by atoms with van der Waals surface area (Å²) in [5.74, 6) is -0.0357. The average Bonchev–Trinajstić information content (AvgIpc) is 2.87. The van der Waals surface area contributed by atoms with E-state index >= 15 is 0 Å². The number of methoxy groups -OCH3 is 1. The van der Waals surface area contributed by atoms with Crippen LogP contribution in [0.5, 0.6) is 0 Å². The van der Waals surface area contributed by atoms with Crippen LogP contribution in [0.15, 0.2) is 24.3 Å². The highest BCUT2D eigenvalue weighted by molar-refractivity contribution is 7.88. The Morgan fingerprint density at radius 3 is 2.62 bits per heavy atom. The van der Waals surface area contributed by atoms with E-state index in [0.717, 1.165) is 25.9 Å². The first-order valence-corrected chi connectivity index (χ1v) is 10.0. The monoisotopic (exact) mass is 356 g/mol. The number of rotatable bonds is 6. The molecule has 2 bridgehead atoms. The Labute approximate surface area is 143 Å². The number of halogens is 1. The minimum Gasteiger partial charge on any atom is -0.383 e. The summed E-state index contributed by atoms with van der Waals surface area (Å²) in [6, 6.07) is 5.98. The first-order valence-electron chi connectivity index (χ1n) is 8.43. The molecule has 0 aliphatic carbocycles. The predicted molar refractivity (Wildman–Crippen MR) is 90.6 cm³/mol. The summed E-state index contributed by atoms with van der Waals surface area (Å²) in [4.78, 5) is 2.37. The Hall–Kier alpha value is -1.02. The lowest BCUT2D eigenvalue weighted by atomic mass is 9.95. The minimum atomic E-state index is -3.39. The van der Waals surface area contributed by atoms with E-state index in [-0.39, 0.29) is 17.6 Å². The van der Waals surface area contributed by atoms with Crippen molar-refractivity contribution in [3.8, 4) is 0 Å². The maximum Gasteiger partial charge on any atom is 0.218 e. The molecule has 3 heterocycles. The van der Waals surface area contributed by atoms with Crippen molar-refractivity contribution in [2.75, 3.05) is 39.9 Å². The van der Waals surface area contributed by atoms with Gasteiger partial charge in [-0.15, -0.1) is 0 Å². The first-order chi connectivity index (χ1) is 11.5. The van der Waals surface area contributed by atoms with Crippen molar-refractivity contribution in [1.82, 2.24) is 9.21 Å². The van der Waals surface area contributed by atoms with Gasteiger partial charge in [0.1, 0.15) is 5.82 Å². The van der Waals surface area contributed by atoms with Crippen LogP contribution in [0.1, 0.15) is 18.4 Å². The Balaban J connectivity index is 1.71. The molecule has 1 aromatic rings. The van der Waals surface area contributed by atoms with Crippen LogP contribution in [0.4, 0.5) is 4.39 Å². The van der Waals surface area contributed by atoms with Crippen LogP contribution in [-0.2, 0) is 20.5 Å². The van der Waals surface area contributed by atoms with Crippen molar-refractivity contribution >= 4 is 10.0 Å². The van der Waals surface area contributed by atoms with Gasteiger partial charge in [0.15, 0.2) is 0 Å². The molecule has 0 amide bonds. The molecule has 3 aliphatic rings. The lowest BCUT2D eigenvalue weighted by Gasteiger charge is -2.35. The molecule has 0 spiro atoms. The largest absolute Gasteiger partial charge is 0.383 e. The number of fused-ring (bicyclic) bond motifs is 4. The fourth-order valence-electron chi connectivity index (χ4n) is 3.73. The van der Waals surface area contributed by atoms with Gasteiger partial charge >= 0.3 is 0 Å². The molecule has 3 aliphatic heterocycles. The summed E-state index contributed by atoms with van der Waals surface area (Å²) in [5.41, 5.74) is 0.629. The number of benzene rings is 1. The summed E-state index contributed by atoms with van der Waals surface area (Å²) in [6.45, 7) is 3.60. The molecular formula is C17H25FN2O3S. The number of hydrogen-bond acceptors (Lipinski definition) is 4. The fourth-order valence-corrected chi connectivity index (χ4v) is 5.36. The van der Waals surface area contributed by atoms with Gasteiger partial charge in [0.25, 0.3) is 0 Å². The quantitative estimate of drug-likeness (QED) is 0.778. The molecule has 5 nitrogen and oxygen atoms in total. The SMILES string of the molecule is COCCN1C[C@H]2CC[C@@H]1CN(S(=O)(=O)Cc1ccc(F)cc1)C2. The number of piperidine rings is 1. The molecule has 0 aromatic heterocycles. The fraction of sp³-hybridized carbons (Fsp3) is 0.647. The molecule has 3 saturated heterocycles. The maximum atomic E-state index is 13.0. The molecule has 4 rings (SSSR count). The van der Waals surface area contributed by atoms with Gasteiger partial charge in [-0.05, 0) is 36.5 Å². The van der Waals surface area contributed by atoms with E-state index in [1.54, 1.807) is 23.5 Å². The van der Waals surface area contributed by atoms with Gasteiger partial charge in [-0.25, -0.2) is 12.8 Å². The molecule has 0 unspecified atom stereocenters. The zero-order chi connectivity index (χ0) is 17.2. The van der Waals surface area contributed by atoms with Crippen molar-refractivity contribution in [3.63, 3.8) is 0 Å². The molecule has 0 saturated carbocycles. The van der Waals surface area contributed by atoms with Crippen LogP contribution in [0.3, 0.4) is 0 Å². The second-order valence-corrected chi connectivity index (χ2v) is 8.75. The van der Waals surface area contributed by atoms with E-state index in [9.17, 15) is 12.8 Å². The summed E-state index contributed by atoms with van der Waals surface area (Å²) in [7, 11) is -1.70. The Morgan fingerprint density at radius 2 is 1.92 bits per heavy atom. The second kappa shape index (κ2) is 7.47. The number of ether oxygens (including phenoxy) is 1. The van der Waals surface area contributed by atoms with Crippen LogP contribution >= 0.6 is 0 Å². The van der Waals surface area contributed by atoms with Crippen molar-refractivity contribution in [2.24, 2.45) is 5.92 Å². The first kappa shape index (κ1) is 17.8. The van der Waals surface area contributed by atoms with Crippen LogP contribution in [0.2, 0.25) is 0 Å². The Kier molecular flexibility index (Phi) is 5.54. The van der Waals surface area contributed by atoms with Gasteiger partial charge in [0.2, 0.25) is 10.0 Å². The normalized spacial score (nSPS) is 25.8. The standard InChI is InChI=1S/C17H25FN2O3S/c1-23-9-8-19-10-15-4-7-17(19)12-20(11-15)24(21,22)13-14-2-5-16(18)6-3-14/h2-3,5-6,15,17H,4,7-13H2,1H3/t15-,17-/m1/s1. The van der Waals surface area contributed by atoms with E-state index in [2.05, 4.69) is 4.90 Å². The van der Waals surface area contributed by atoms with E-state index in [4.69, 9.17) is 4.74 Å². The molecular weight excluding hydrogens is 331 g/mol. The average molecular weight is 356 g/mol. The van der Waals surface area contributed by atoms with Crippen molar-refractivity contribution in [1.29, 1.82) is 0 Å². The third-order valence-corrected chi connectivity index (χ3v) is 6.81. The predicted octanol–water partition coefficient (Wildman–Crippen LogP) is 1.70. The minimum absolute atomic E-state index is 0.0647. The highest BCUT2D eigenvalue weighted by Gasteiger charge is 2.38. The second-order valence-electron chi connectivity index (χ2n) is 6.78. The van der Waals surface area contributed by atoms with Crippen LogP contribution in [-0.4, -0.2) is 63.6 Å². The third kappa shape index (κ3) is 4.14. The summed E-state index contributed by atoms with van der Waals surface area (Å²) < 4.78 is 45.5. The van der Waals surface area contributed by atoms with Crippen molar-refractivity contribution < 1.29 is 17.5 Å². The zero-order valence-corrected chi connectivity index (χ0v) is 14.8. The molecule has 24 heavy (non-hydrogen) atoms. The Morgan fingerprint density at radius 1 is 1.17 bits per heavy atom. The van der Waals surface area contributed by atoms with Gasteiger partial charge in [-0.3, -0.25) is 4.90 Å². The molecule has 0 N–H and O–H groups in total. The topological polar surface area (TPSA) is 49.9 Å². The van der Waals surface area contributed by atoms with Crippen LogP contribution in [0, 0.1) is 11.7 Å². The third-order valence-electron chi connectivity index (χ3n) is 5.03. The smallest absolute Gasteiger partial charge is 0.218 e. The number of hydrogen-bond donors (Lipinski definition) is 0. The molecule has 7 heteroatoms. The van der Waals surface area contributed by atoms with Crippen molar-refractivity contribution in [3.05, 3.63) is 35.6 Å². The number of sulfonamides is 1. The maximum absolute atomic E-state index is 13.0. The van der Waals surface area contributed by atoms with Gasteiger partial charge in [0.05, 0.1) is 12.4 Å². The van der Waals surface area contributed by atoms with E-state index in [1.165, 1.54) is 12.1 Å². The highest BCUT2D eigenvalue weighted by atomic mass is 32.2. The van der Waals surface area contributed by atoms with Gasteiger partial charge < -0.3 is 4.74 Å². The molecule has 2 atom stereocenters. The summed E-state index contributed by atoms with van der Waals surface area (Å²) in [6.07, 6.45) is 2.12. The van der Waals surface area contributed by atoms with Crippen molar-refractivity contribution in [2.45, 2.75) is 24.6 Å². The molecule has 3 fully saturated rings. The highest BCUT2D eigenvalue weighted by Crippen LogP contribution is 2.29. The van der Waals surface area contributed by atoms with Gasteiger partial charge in [0, 0.05) is 39.3 Å². The summed E-state index contributed by atoms with van der Waals surface area (Å²) in [5, 5.41) is 0. The van der Waals surface area contributed by atoms with E-state index < -0.39 is 10.0 Å².